The lowest BCUT2D eigenvalue weighted by Gasteiger charge is -2.18. The smallest absolute Gasteiger partial charge is 0.162 e. The molecule has 0 aliphatic rings. The summed E-state index contributed by atoms with van der Waals surface area (Å²) in [4.78, 5) is 0. The minimum Gasteiger partial charge on any atom is -0.493 e. The van der Waals surface area contributed by atoms with Gasteiger partial charge in [0.15, 0.2) is 11.5 Å². The van der Waals surface area contributed by atoms with Crippen LogP contribution in [0.25, 0.3) is 0 Å². The van der Waals surface area contributed by atoms with E-state index in [0.29, 0.717) is 11.5 Å². The van der Waals surface area contributed by atoms with Gasteiger partial charge in [-0.1, -0.05) is 36.4 Å². The summed E-state index contributed by atoms with van der Waals surface area (Å²) in [5.41, 5.74) is 1.91. The molecule has 1 N–H and O–H groups in total. The SMILES string of the molecule is COc1cc([C@@H](C)O)ccc1OC(C)c1ccccc1. The Kier molecular flexibility index (Phi) is 4.64. The Morgan fingerprint density at radius 2 is 1.60 bits per heavy atom. The fourth-order valence-electron chi connectivity index (χ4n) is 2.02. The van der Waals surface area contributed by atoms with Crippen LogP contribution in [0, 0.1) is 0 Å². The van der Waals surface area contributed by atoms with Crippen LogP contribution in [0.2, 0.25) is 0 Å². The van der Waals surface area contributed by atoms with Gasteiger partial charge in [0.25, 0.3) is 0 Å². The fourth-order valence-corrected chi connectivity index (χ4v) is 2.02. The highest BCUT2D eigenvalue weighted by Crippen LogP contribution is 2.33. The minimum atomic E-state index is -0.524. The van der Waals surface area contributed by atoms with Crippen molar-refractivity contribution in [3.05, 3.63) is 59.7 Å². The fraction of sp³-hybridized carbons (Fsp3) is 0.294. The molecular weight excluding hydrogens is 252 g/mol. The van der Waals surface area contributed by atoms with Crippen LogP contribution in [0.5, 0.6) is 11.5 Å². The van der Waals surface area contributed by atoms with Gasteiger partial charge in [-0.15, -0.1) is 0 Å². The van der Waals surface area contributed by atoms with E-state index in [9.17, 15) is 5.11 Å². The van der Waals surface area contributed by atoms with Gasteiger partial charge in [-0.05, 0) is 37.1 Å². The van der Waals surface area contributed by atoms with E-state index >= 15 is 0 Å². The zero-order chi connectivity index (χ0) is 14.5. The maximum atomic E-state index is 9.60. The molecule has 0 spiro atoms. The van der Waals surface area contributed by atoms with Crippen LogP contribution in [0.3, 0.4) is 0 Å². The van der Waals surface area contributed by atoms with Gasteiger partial charge in [0.05, 0.1) is 13.2 Å². The van der Waals surface area contributed by atoms with Crippen molar-refractivity contribution in [2.24, 2.45) is 0 Å². The third-order valence-corrected chi connectivity index (χ3v) is 3.24. The Bertz CT molecular complexity index is 549. The molecule has 0 saturated carbocycles. The first-order chi connectivity index (χ1) is 9.61. The summed E-state index contributed by atoms with van der Waals surface area (Å²) in [6, 6.07) is 15.5. The van der Waals surface area contributed by atoms with E-state index in [0.717, 1.165) is 11.1 Å². The van der Waals surface area contributed by atoms with Gasteiger partial charge in [0.2, 0.25) is 0 Å². The summed E-state index contributed by atoms with van der Waals surface area (Å²) < 4.78 is 11.3. The number of ether oxygens (including phenoxy) is 2. The molecule has 106 valence electrons. The Hall–Kier alpha value is -2.00. The van der Waals surface area contributed by atoms with E-state index in [1.165, 1.54) is 0 Å². The average molecular weight is 272 g/mol. The van der Waals surface area contributed by atoms with E-state index < -0.39 is 6.10 Å². The predicted molar refractivity (Wildman–Crippen MR) is 79.1 cm³/mol. The van der Waals surface area contributed by atoms with Crippen molar-refractivity contribution in [2.45, 2.75) is 26.1 Å². The number of hydrogen-bond donors (Lipinski definition) is 1. The summed E-state index contributed by atoms with van der Waals surface area (Å²) in [5.74, 6) is 1.31. The highest BCUT2D eigenvalue weighted by Gasteiger charge is 2.12. The topological polar surface area (TPSA) is 38.7 Å². The van der Waals surface area contributed by atoms with Crippen molar-refractivity contribution >= 4 is 0 Å². The summed E-state index contributed by atoms with van der Waals surface area (Å²) in [5, 5.41) is 9.60. The van der Waals surface area contributed by atoms with E-state index in [4.69, 9.17) is 9.47 Å². The lowest BCUT2D eigenvalue weighted by Crippen LogP contribution is -2.04. The number of aliphatic hydroxyl groups excluding tert-OH is 1. The molecule has 2 aromatic rings. The number of aliphatic hydroxyl groups is 1. The zero-order valence-corrected chi connectivity index (χ0v) is 12.0. The number of benzene rings is 2. The first kappa shape index (κ1) is 14.4. The van der Waals surface area contributed by atoms with Crippen LogP contribution in [-0.2, 0) is 0 Å². The molecule has 2 aromatic carbocycles. The van der Waals surface area contributed by atoms with Crippen LogP contribution in [0.4, 0.5) is 0 Å². The van der Waals surface area contributed by atoms with Crippen LogP contribution in [-0.4, -0.2) is 12.2 Å². The molecule has 0 radical (unpaired) electrons. The summed E-state index contributed by atoms with van der Waals surface area (Å²) in [6.45, 7) is 3.72. The molecule has 3 heteroatoms. The normalized spacial score (nSPS) is 13.6. The molecule has 0 heterocycles. The van der Waals surface area contributed by atoms with Crippen molar-refractivity contribution in [3.8, 4) is 11.5 Å². The Morgan fingerprint density at radius 3 is 2.20 bits per heavy atom. The maximum Gasteiger partial charge on any atom is 0.162 e. The average Bonchev–Trinajstić information content (AvgIpc) is 2.48. The molecule has 2 atom stereocenters. The zero-order valence-electron chi connectivity index (χ0n) is 12.0. The minimum absolute atomic E-state index is 0.0671. The van der Waals surface area contributed by atoms with Crippen LogP contribution in [0.1, 0.15) is 37.2 Å². The molecule has 0 aliphatic carbocycles. The molecule has 2 rings (SSSR count). The lowest BCUT2D eigenvalue weighted by molar-refractivity contribution is 0.196. The molecular formula is C17H20O3. The largest absolute Gasteiger partial charge is 0.493 e. The van der Waals surface area contributed by atoms with Crippen LogP contribution < -0.4 is 9.47 Å². The van der Waals surface area contributed by atoms with E-state index in [-0.39, 0.29) is 6.10 Å². The molecule has 0 bridgehead atoms. The van der Waals surface area contributed by atoms with Gasteiger partial charge in [0, 0.05) is 0 Å². The lowest BCUT2D eigenvalue weighted by atomic mass is 10.1. The molecule has 0 saturated heterocycles. The van der Waals surface area contributed by atoms with Gasteiger partial charge >= 0.3 is 0 Å². The van der Waals surface area contributed by atoms with E-state index in [1.54, 1.807) is 20.1 Å². The number of hydrogen-bond acceptors (Lipinski definition) is 3. The Morgan fingerprint density at radius 1 is 0.900 bits per heavy atom. The first-order valence-electron chi connectivity index (χ1n) is 6.69. The summed E-state index contributed by atoms with van der Waals surface area (Å²) in [7, 11) is 1.60. The van der Waals surface area contributed by atoms with Crippen molar-refractivity contribution in [3.63, 3.8) is 0 Å². The third kappa shape index (κ3) is 3.31. The Labute approximate surface area is 119 Å². The van der Waals surface area contributed by atoms with Crippen molar-refractivity contribution in [1.82, 2.24) is 0 Å². The quantitative estimate of drug-likeness (QED) is 0.897. The predicted octanol–water partition coefficient (Wildman–Crippen LogP) is 3.89. The van der Waals surface area contributed by atoms with Crippen molar-refractivity contribution < 1.29 is 14.6 Å². The summed E-state index contributed by atoms with van der Waals surface area (Å²) >= 11 is 0. The van der Waals surface area contributed by atoms with Gasteiger partial charge < -0.3 is 14.6 Å². The molecule has 0 aromatic heterocycles. The van der Waals surface area contributed by atoms with Crippen LogP contribution >= 0.6 is 0 Å². The number of methoxy groups -OCH3 is 1. The third-order valence-electron chi connectivity index (χ3n) is 3.24. The monoisotopic (exact) mass is 272 g/mol. The van der Waals surface area contributed by atoms with E-state index in [1.807, 2.05) is 49.4 Å². The summed E-state index contributed by atoms with van der Waals surface area (Å²) in [6.07, 6.45) is -0.591. The second-order valence-corrected chi connectivity index (χ2v) is 4.76. The molecule has 0 aliphatic heterocycles. The highest BCUT2D eigenvalue weighted by molar-refractivity contribution is 5.44. The molecule has 1 unspecified atom stereocenters. The highest BCUT2D eigenvalue weighted by atomic mass is 16.5. The molecule has 20 heavy (non-hydrogen) atoms. The molecule has 0 fully saturated rings. The molecule has 0 amide bonds. The first-order valence-corrected chi connectivity index (χ1v) is 6.69. The van der Waals surface area contributed by atoms with Crippen LogP contribution in [0.15, 0.2) is 48.5 Å². The van der Waals surface area contributed by atoms with Gasteiger partial charge in [-0.25, -0.2) is 0 Å². The molecule has 3 nitrogen and oxygen atoms in total. The second kappa shape index (κ2) is 6.44. The van der Waals surface area contributed by atoms with Crippen molar-refractivity contribution in [1.29, 1.82) is 0 Å². The van der Waals surface area contributed by atoms with E-state index in [2.05, 4.69) is 0 Å². The van der Waals surface area contributed by atoms with Crippen molar-refractivity contribution in [2.75, 3.05) is 7.11 Å². The number of rotatable bonds is 5. The van der Waals surface area contributed by atoms with Gasteiger partial charge in [0.1, 0.15) is 6.10 Å². The van der Waals surface area contributed by atoms with Gasteiger partial charge in [-0.3, -0.25) is 0 Å². The maximum absolute atomic E-state index is 9.60. The Balaban J connectivity index is 2.21. The standard InChI is InChI=1S/C17H20O3/c1-12(18)15-9-10-16(17(11-15)19-3)20-13(2)14-7-5-4-6-8-14/h4-13,18H,1-3H3/t12-,13?/m1/s1. The second-order valence-electron chi connectivity index (χ2n) is 4.76. The van der Waals surface area contributed by atoms with Gasteiger partial charge in [-0.2, -0.15) is 0 Å².